The van der Waals surface area contributed by atoms with Crippen molar-refractivity contribution in [1.29, 1.82) is 0 Å². The number of aryl methyl sites for hydroxylation is 2. The minimum atomic E-state index is -0.781. The second-order valence-corrected chi connectivity index (χ2v) is 10.0. The average Bonchev–Trinajstić information content (AvgIpc) is 2.88. The first-order valence-corrected chi connectivity index (χ1v) is 12.8. The van der Waals surface area contributed by atoms with Crippen LogP contribution in [0, 0.1) is 25.6 Å². The highest BCUT2D eigenvalue weighted by Crippen LogP contribution is 2.26. The molecule has 0 aliphatic rings. The minimum Gasteiger partial charge on any atom is -0.484 e. The van der Waals surface area contributed by atoms with E-state index in [0.29, 0.717) is 29.3 Å². The molecule has 1 unspecified atom stereocenters. The molecule has 0 spiro atoms. The maximum Gasteiger partial charge on any atom is 0.261 e. The number of hydrogen-bond acceptors (Lipinski definition) is 3. The van der Waals surface area contributed by atoms with Crippen molar-refractivity contribution < 1.29 is 18.7 Å². The number of nitrogens with zero attached hydrogens (tertiary/aromatic N) is 1. The normalized spacial score (nSPS) is 11.8. The Morgan fingerprint density at radius 2 is 1.59 bits per heavy atom. The Hall–Kier alpha value is -3.38. The highest BCUT2D eigenvalue weighted by atomic mass is 35.5. The molecular weight excluding hydrogens is 491 g/mol. The molecule has 3 aromatic rings. The van der Waals surface area contributed by atoms with Crippen LogP contribution in [0.15, 0.2) is 66.7 Å². The van der Waals surface area contributed by atoms with Gasteiger partial charge in [0.15, 0.2) is 6.61 Å². The van der Waals surface area contributed by atoms with Gasteiger partial charge in [-0.3, -0.25) is 9.59 Å². The van der Waals surface area contributed by atoms with Crippen molar-refractivity contribution in [3.63, 3.8) is 0 Å². The lowest BCUT2D eigenvalue weighted by atomic mass is 10.0. The van der Waals surface area contributed by atoms with Crippen LogP contribution in [-0.4, -0.2) is 35.9 Å². The summed E-state index contributed by atoms with van der Waals surface area (Å²) in [7, 11) is 0. The predicted molar refractivity (Wildman–Crippen MR) is 145 cm³/mol. The molecule has 2 amide bonds. The number of ether oxygens (including phenoxy) is 1. The van der Waals surface area contributed by atoms with Crippen LogP contribution in [0.25, 0.3) is 0 Å². The standard InChI is InChI=1S/C30H34ClFN2O3/c1-20(2)17-33-30(36)27(16-23-8-6-5-7-9-23)34(18-24-10-12-25(32)13-11-24)28(35)19-37-26-14-21(3)29(31)22(4)15-26/h5-15,20,27H,16-19H2,1-4H3,(H,33,36). The smallest absolute Gasteiger partial charge is 0.261 e. The maximum absolute atomic E-state index is 13.6. The van der Waals surface area contributed by atoms with E-state index < -0.39 is 6.04 Å². The van der Waals surface area contributed by atoms with E-state index in [9.17, 15) is 14.0 Å². The molecule has 0 heterocycles. The van der Waals surface area contributed by atoms with E-state index in [1.807, 2.05) is 58.0 Å². The number of amides is 2. The Kier molecular flexibility index (Phi) is 10.1. The summed E-state index contributed by atoms with van der Waals surface area (Å²) in [6.45, 7) is 8.13. The second-order valence-electron chi connectivity index (χ2n) is 9.65. The molecule has 0 aromatic heterocycles. The monoisotopic (exact) mass is 524 g/mol. The van der Waals surface area contributed by atoms with Gasteiger partial charge in [-0.05, 0) is 66.3 Å². The summed E-state index contributed by atoms with van der Waals surface area (Å²) >= 11 is 6.27. The Morgan fingerprint density at radius 1 is 0.973 bits per heavy atom. The van der Waals surface area contributed by atoms with Crippen LogP contribution >= 0.6 is 11.6 Å². The zero-order valence-corrected chi connectivity index (χ0v) is 22.5. The van der Waals surface area contributed by atoms with Crippen LogP contribution in [-0.2, 0) is 22.6 Å². The third-order valence-corrected chi connectivity index (χ3v) is 6.59. The molecule has 0 aliphatic carbocycles. The van der Waals surface area contributed by atoms with Gasteiger partial charge in [0.2, 0.25) is 5.91 Å². The maximum atomic E-state index is 13.6. The predicted octanol–water partition coefficient (Wildman–Crippen LogP) is 5.89. The van der Waals surface area contributed by atoms with Gasteiger partial charge in [0, 0.05) is 24.5 Å². The lowest BCUT2D eigenvalue weighted by Crippen LogP contribution is -2.52. The molecule has 3 rings (SSSR count). The Morgan fingerprint density at radius 3 is 2.19 bits per heavy atom. The molecule has 0 fully saturated rings. The van der Waals surface area contributed by atoms with Gasteiger partial charge in [-0.15, -0.1) is 0 Å². The van der Waals surface area contributed by atoms with Crippen molar-refractivity contribution in [2.75, 3.05) is 13.2 Å². The van der Waals surface area contributed by atoms with E-state index in [2.05, 4.69) is 5.32 Å². The highest BCUT2D eigenvalue weighted by molar-refractivity contribution is 6.32. The zero-order valence-electron chi connectivity index (χ0n) is 21.8. The van der Waals surface area contributed by atoms with Crippen molar-refractivity contribution in [2.45, 2.75) is 46.7 Å². The van der Waals surface area contributed by atoms with Crippen LogP contribution in [0.4, 0.5) is 4.39 Å². The van der Waals surface area contributed by atoms with Gasteiger partial charge in [-0.25, -0.2) is 4.39 Å². The number of carbonyl (C=O) groups excluding carboxylic acids is 2. The summed E-state index contributed by atoms with van der Waals surface area (Å²) in [5, 5.41) is 3.63. The summed E-state index contributed by atoms with van der Waals surface area (Å²) < 4.78 is 19.4. The molecule has 0 saturated carbocycles. The molecule has 0 radical (unpaired) electrons. The van der Waals surface area contributed by atoms with Gasteiger partial charge in [0.25, 0.3) is 5.91 Å². The third kappa shape index (κ3) is 8.32. The first kappa shape index (κ1) is 28.2. The third-order valence-electron chi connectivity index (χ3n) is 5.99. The first-order chi connectivity index (χ1) is 17.6. The van der Waals surface area contributed by atoms with Gasteiger partial charge in [0.05, 0.1) is 0 Å². The van der Waals surface area contributed by atoms with Gasteiger partial charge in [0.1, 0.15) is 17.6 Å². The largest absolute Gasteiger partial charge is 0.484 e. The van der Waals surface area contributed by atoms with E-state index >= 15 is 0 Å². The molecule has 1 atom stereocenters. The first-order valence-electron chi connectivity index (χ1n) is 12.4. The second kappa shape index (κ2) is 13.2. The van der Waals surface area contributed by atoms with E-state index in [-0.39, 0.29) is 36.7 Å². The van der Waals surface area contributed by atoms with E-state index in [4.69, 9.17) is 16.3 Å². The van der Waals surface area contributed by atoms with E-state index in [1.165, 1.54) is 17.0 Å². The summed E-state index contributed by atoms with van der Waals surface area (Å²) in [6, 6.07) is 18.3. The minimum absolute atomic E-state index is 0.133. The fourth-order valence-electron chi connectivity index (χ4n) is 3.98. The molecule has 0 bridgehead atoms. The van der Waals surface area contributed by atoms with Crippen molar-refractivity contribution in [3.8, 4) is 5.75 Å². The molecule has 0 aliphatic heterocycles. The zero-order chi connectivity index (χ0) is 26.9. The van der Waals surface area contributed by atoms with Gasteiger partial charge >= 0.3 is 0 Å². The lowest BCUT2D eigenvalue weighted by Gasteiger charge is -2.31. The molecule has 37 heavy (non-hydrogen) atoms. The quantitative estimate of drug-likeness (QED) is 0.340. The van der Waals surface area contributed by atoms with E-state index in [1.54, 1.807) is 24.3 Å². The van der Waals surface area contributed by atoms with Crippen LogP contribution in [0.1, 0.15) is 36.1 Å². The molecule has 196 valence electrons. The van der Waals surface area contributed by atoms with Crippen molar-refractivity contribution in [1.82, 2.24) is 10.2 Å². The van der Waals surface area contributed by atoms with Crippen LogP contribution in [0.2, 0.25) is 5.02 Å². The molecular formula is C30H34ClFN2O3. The summed E-state index contributed by atoms with van der Waals surface area (Å²) in [5.41, 5.74) is 3.33. The van der Waals surface area contributed by atoms with Crippen LogP contribution in [0.3, 0.4) is 0 Å². The molecule has 7 heteroatoms. The Labute approximate surface area is 223 Å². The number of hydrogen-bond donors (Lipinski definition) is 1. The number of benzene rings is 3. The average molecular weight is 525 g/mol. The Balaban J connectivity index is 1.91. The van der Waals surface area contributed by atoms with Gasteiger partial charge in [-0.2, -0.15) is 0 Å². The van der Waals surface area contributed by atoms with Crippen LogP contribution < -0.4 is 10.1 Å². The number of nitrogens with one attached hydrogen (secondary N) is 1. The van der Waals surface area contributed by atoms with Crippen molar-refractivity contribution in [3.05, 3.63) is 99.8 Å². The fraction of sp³-hybridized carbons (Fsp3) is 0.333. The van der Waals surface area contributed by atoms with Crippen LogP contribution in [0.5, 0.6) is 5.75 Å². The Bertz CT molecular complexity index is 1180. The summed E-state index contributed by atoms with van der Waals surface area (Å²) in [5.74, 6) is -0.184. The van der Waals surface area contributed by atoms with Gasteiger partial charge < -0.3 is 15.0 Å². The topological polar surface area (TPSA) is 58.6 Å². The molecule has 1 N–H and O–H groups in total. The van der Waals surface area contributed by atoms with Crippen molar-refractivity contribution in [2.24, 2.45) is 5.92 Å². The number of halogens is 2. The van der Waals surface area contributed by atoms with Gasteiger partial charge in [-0.1, -0.05) is 67.9 Å². The highest BCUT2D eigenvalue weighted by Gasteiger charge is 2.30. The summed E-state index contributed by atoms with van der Waals surface area (Å²) in [4.78, 5) is 28.6. The summed E-state index contributed by atoms with van der Waals surface area (Å²) in [6.07, 6.45) is 0.330. The number of rotatable bonds is 11. The fourth-order valence-corrected chi connectivity index (χ4v) is 4.09. The molecule has 0 saturated heterocycles. The molecule has 3 aromatic carbocycles. The number of carbonyl (C=O) groups is 2. The lowest BCUT2D eigenvalue weighted by molar-refractivity contribution is -0.142. The van der Waals surface area contributed by atoms with Crippen molar-refractivity contribution >= 4 is 23.4 Å². The SMILES string of the molecule is Cc1cc(OCC(=O)N(Cc2ccc(F)cc2)C(Cc2ccccc2)C(=O)NCC(C)C)cc(C)c1Cl. The van der Waals surface area contributed by atoms with E-state index in [0.717, 1.165) is 16.7 Å². The molecule has 5 nitrogen and oxygen atoms in total.